The van der Waals surface area contributed by atoms with Gasteiger partial charge in [-0.3, -0.25) is 9.59 Å². The summed E-state index contributed by atoms with van der Waals surface area (Å²) in [6.45, 7) is 0.330. The van der Waals surface area contributed by atoms with E-state index in [1.54, 1.807) is 32.3 Å². The molecule has 0 radical (unpaired) electrons. The van der Waals surface area contributed by atoms with E-state index in [0.29, 0.717) is 18.7 Å². The fourth-order valence-electron chi connectivity index (χ4n) is 1.41. The van der Waals surface area contributed by atoms with Gasteiger partial charge in [0.15, 0.2) is 0 Å². The monoisotopic (exact) mass is 261 g/mol. The summed E-state index contributed by atoms with van der Waals surface area (Å²) in [5.41, 5.74) is 7.14. The van der Waals surface area contributed by atoms with E-state index >= 15 is 0 Å². The predicted octanol–water partition coefficient (Wildman–Crippen LogP) is 0.876. The lowest BCUT2D eigenvalue weighted by Crippen LogP contribution is -2.29. The lowest BCUT2D eigenvalue weighted by Gasteiger charge is -2.09. The Morgan fingerprint density at radius 1 is 1.37 bits per heavy atom. The Morgan fingerprint density at radius 2 is 2.11 bits per heavy atom. The predicted molar refractivity (Wildman–Crippen MR) is 76.2 cm³/mol. The van der Waals surface area contributed by atoms with Crippen molar-refractivity contribution in [2.75, 3.05) is 26.4 Å². The molecule has 0 aliphatic heterocycles. The SMILES string of the molecule is CN(C)C(=O)CCNC(=O)/C=C/c1cccc(N)c1. The van der Waals surface area contributed by atoms with Crippen LogP contribution in [-0.2, 0) is 9.59 Å². The summed E-state index contributed by atoms with van der Waals surface area (Å²) in [6, 6.07) is 7.24. The van der Waals surface area contributed by atoms with Gasteiger partial charge in [-0.15, -0.1) is 0 Å². The fraction of sp³-hybridized carbons (Fsp3) is 0.286. The maximum absolute atomic E-state index is 11.5. The second-order valence-corrected chi connectivity index (χ2v) is 4.33. The van der Waals surface area contributed by atoms with Crippen molar-refractivity contribution in [3.05, 3.63) is 35.9 Å². The van der Waals surface area contributed by atoms with Gasteiger partial charge in [-0.1, -0.05) is 12.1 Å². The fourth-order valence-corrected chi connectivity index (χ4v) is 1.41. The number of carbonyl (C=O) groups excluding carboxylic acids is 2. The molecule has 0 bridgehead atoms. The summed E-state index contributed by atoms with van der Waals surface area (Å²) in [6.07, 6.45) is 3.40. The van der Waals surface area contributed by atoms with Crippen LogP contribution in [0.3, 0.4) is 0 Å². The van der Waals surface area contributed by atoms with Crippen molar-refractivity contribution in [2.24, 2.45) is 0 Å². The summed E-state index contributed by atoms with van der Waals surface area (Å²) in [5.74, 6) is -0.242. The summed E-state index contributed by atoms with van der Waals surface area (Å²) in [7, 11) is 3.37. The van der Waals surface area contributed by atoms with Gasteiger partial charge in [-0.05, 0) is 23.8 Å². The Labute approximate surface area is 113 Å². The molecule has 0 heterocycles. The van der Waals surface area contributed by atoms with Crippen molar-refractivity contribution in [3.63, 3.8) is 0 Å². The number of amides is 2. The molecule has 1 aromatic rings. The van der Waals surface area contributed by atoms with Crippen LogP contribution in [0.15, 0.2) is 30.3 Å². The van der Waals surface area contributed by atoms with E-state index in [4.69, 9.17) is 5.73 Å². The third-order valence-electron chi connectivity index (χ3n) is 2.47. The number of nitrogens with one attached hydrogen (secondary N) is 1. The van der Waals surface area contributed by atoms with E-state index in [-0.39, 0.29) is 11.8 Å². The minimum Gasteiger partial charge on any atom is -0.399 e. The first-order valence-corrected chi connectivity index (χ1v) is 6.00. The van der Waals surface area contributed by atoms with E-state index in [1.165, 1.54) is 11.0 Å². The molecule has 0 saturated heterocycles. The van der Waals surface area contributed by atoms with Gasteiger partial charge < -0.3 is 16.0 Å². The third-order valence-corrected chi connectivity index (χ3v) is 2.47. The van der Waals surface area contributed by atoms with Crippen molar-refractivity contribution in [1.82, 2.24) is 10.2 Å². The molecule has 1 rings (SSSR count). The summed E-state index contributed by atoms with van der Waals surface area (Å²) >= 11 is 0. The molecule has 19 heavy (non-hydrogen) atoms. The van der Waals surface area contributed by atoms with Crippen molar-refractivity contribution < 1.29 is 9.59 Å². The largest absolute Gasteiger partial charge is 0.399 e. The Hall–Kier alpha value is -2.30. The Bertz CT molecular complexity index is 481. The maximum Gasteiger partial charge on any atom is 0.244 e. The zero-order valence-electron chi connectivity index (χ0n) is 11.2. The molecule has 5 heteroatoms. The van der Waals surface area contributed by atoms with E-state index in [9.17, 15) is 9.59 Å². The number of carbonyl (C=O) groups is 2. The lowest BCUT2D eigenvalue weighted by atomic mass is 10.2. The van der Waals surface area contributed by atoms with E-state index in [1.807, 2.05) is 12.1 Å². The van der Waals surface area contributed by atoms with Gasteiger partial charge in [-0.2, -0.15) is 0 Å². The highest BCUT2D eigenvalue weighted by Gasteiger charge is 2.03. The highest BCUT2D eigenvalue weighted by atomic mass is 16.2. The topological polar surface area (TPSA) is 75.4 Å². The second kappa shape index (κ2) is 7.20. The molecule has 0 atom stereocenters. The van der Waals surface area contributed by atoms with Gasteiger partial charge in [0.05, 0.1) is 0 Å². The zero-order valence-corrected chi connectivity index (χ0v) is 11.2. The van der Waals surface area contributed by atoms with E-state index in [0.717, 1.165) is 5.56 Å². The molecule has 0 fully saturated rings. The van der Waals surface area contributed by atoms with Crippen LogP contribution in [-0.4, -0.2) is 37.4 Å². The highest BCUT2D eigenvalue weighted by Crippen LogP contribution is 2.07. The number of nitrogen functional groups attached to an aromatic ring is 1. The molecule has 3 N–H and O–H groups in total. The maximum atomic E-state index is 11.5. The normalized spacial score (nSPS) is 10.4. The number of nitrogens with zero attached hydrogens (tertiary/aromatic N) is 1. The zero-order chi connectivity index (χ0) is 14.3. The van der Waals surface area contributed by atoms with Gasteiger partial charge in [0, 0.05) is 38.8 Å². The minimum atomic E-state index is -0.228. The number of nitrogens with two attached hydrogens (primary N) is 1. The van der Waals surface area contributed by atoms with Crippen molar-refractivity contribution in [2.45, 2.75) is 6.42 Å². The molecule has 5 nitrogen and oxygen atoms in total. The van der Waals surface area contributed by atoms with Crippen LogP contribution in [0.1, 0.15) is 12.0 Å². The molecule has 0 spiro atoms. The Morgan fingerprint density at radius 3 is 2.74 bits per heavy atom. The van der Waals surface area contributed by atoms with Crippen LogP contribution in [0.25, 0.3) is 6.08 Å². The van der Waals surface area contributed by atoms with Crippen LogP contribution in [0.5, 0.6) is 0 Å². The summed E-state index contributed by atoms with van der Waals surface area (Å²) in [5, 5.41) is 2.65. The van der Waals surface area contributed by atoms with Crippen LogP contribution in [0.4, 0.5) is 5.69 Å². The number of benzene rings is 1. The Kier molecular flexibility index (Phi) is 5.60. The average Bonchev–Trinajstić information content (AvgIpc) is 2.36. The average molecular weight is 261 g/mol. The number of hydrogen-bond acceptors (Lipinski definition) is 3. The molecule has 0 unspecified atom stereocenters. The molecule has 2 amide bonds. The van der Waals surface area contributed by atoms with Gasteiger partial charge in [-0.25, -0.2) is 0 Å². The first-order valence-electron chi connectivity index (χ1n) is 6.00. The number of anilines is 1. The molecular weight excluding hydrogens is 242 g/mol. The molecule has 0 saturated carbocycles. The van der Waals surface area contributed by atoms with Gasteiger partial charge in [0.25, 0.3) is 0 Å². The summed E-state index contributed by atoms with van der Waals surface area (Å²) in [4.78, 5) is 24.3. The summed E-state index contributed by atoms with van der Waals surface area (Å²) < 4.78 is 0. The smallest absolute Gasteiger partial charge is 0.244 e. The lowest BCUT2D eigenvalue weighted by molar-refractivity contribution is -0.128. The molecule has 0 aromatic heterocycles. The minimum absolute atomic E-state index is 0.0138. The molecule has 0 aliphatic rings. The molecule has 0 aliphatic carbocycles. The third kappa shape index (κ3) is 5.72. The first-order chi connectivity index (χ1) is 8.99. The molecule has 1 aromatic carbocycles. The van der Waals surface area contributed by atoms with Crippen molar-refractivity contribution in [1.29, 1.82) is 0 Å². The van der Waals surface area contributed by atoms with E-state index in [2.05, 4.69) is 5.32 Å². The van der Waals surface area contributed by atoms with Gasteiger partial charge >= 0.3 is 0 Å². The van der Waals surface area contributed by atoms with E-state index < -0.39 is 0 Å². The number of rotatable bonds is 5. The van der Waals surface area contributed by atoms with Crippen molar-refractivity contribution in [3.8, 4) is 0 Å². The van der Waals surface area contributed by atoms with Crippen LogP contribution in [0.2, 0.25) is 0 Å². The van der Waals surface area contributed by atoms with Crippen LogP contribution >= 0.6 is 0 Å². The second-order valence-electron chi connectivity index (χ2n) is 4.33. The molecule has 102 valence electrons. The Balaban J connectivity index is 2.37. The standard InChI is InChI=1S/C14H19N3O2/c1-17(2)14(19)8-9-16-13(18)7-6-11-4-3-5-12(15)10-11/h3-7,10H,8-9,15H2,1-2H3,(H,16,18)/b7-6+. The quantitative estimate of drug-likeness (QED) is 0.610. The van der Waals surface area contributed by atoms with Crippen LogP contribution < -0.4 is 11.1 Å². The van der Waals surface area contributed by atoms with Gasteiger partial charge in [0.2, 0.25) is 11.8 Å². The van der Waals surface area contributed by atoms with Crippen molar-refractivity contribution >= 4 is 23.6 Å². The van der Waals surface area contributed by atoms with Crippen LogP contribution in [0, 0.1) is 0 Å². The highest BCUT2D eigenvalue weighted by molar-refractivity contribution is 5.92. The van der Waals surface area contributed by atoms with Gasteiger partial charge in [0.1, 0.15) is 0 Å². The first kappa shape index (κ1) is 14.8. The molecular formula is C14H19N3O2. The number of hydrogen-bond donors (Lipinski definition) is 2.